The van der Waals surface area contributed by atoms with Crippen LogP contribution in [0.1, 0.15) is 6.42 Å². The normalized spacial score (nSPS) is 17.3. The van der Waals surface area contributed by atoms with Crippen molar-refractivity contribution in [3.8, 4) is 5.75 Å². The van der Waals surface area contributed by atoms with Gasteiger partial charge in [0.25, 0.3) is 0 Å². The molecule has 0 saturated carbocycles. The average molecular weight is 377 g/mol. The van der Waals surface area contributed by atoms with Gasteiger partial charge in [0.1, 0.15) is 23.3 Å². The highest BCUT2D eigenvalue weighted by atomic mass is 35.5. The molecule has 1 atom stereocenters. The number of nitrogens with zero attached hydrogens (tertiary/aromatic N) is 3. The number of benzene rings is 1. The molecule has 0 aliphatic carbocycles. The van der Waals surface area contributed by atoms with Crippen LogP contribution in [0.5, 0.6) is 5.75 Å². The second kappa shape index (κ2) is 8.44. The lowest BCUT2D eigenvalue weighted by atomic mass is 10.2. The minimum atomic E-state index is -0.244. The zero-order valence-corrected chi connectivity index (χ0v) is 15.5. The molecule has 26 heavy (non-hydrogen) atoms. The molecule has 1 aliphatic heterocycles. The number of nitrogens with one attached hydrogen (secondary N) is 1. The van der Waals surface area contributed by atoms with Gasteiger partial charge in [0.15, 0.2) is 0 Å². The predicted molar refractivity (Wildman–Crippen MR) is 101 cm³/mol. The van der Waals surface area contributed by atoms with Gasteiger partial charge in [-0.05, 0) is 20.2 Å². The monoisotopic (exact) mass is 376 g/mol. The van der Waals surface area contributed by atoms with E-state index in [-0.39, 0.29) is 12.0 Å². The molecule has 2 aromatic rings. The molecule has 1 aliphatic rings. The molecule has 8 heteroatoms. The Labute approximate surface area is 157 Å². The third kappa shape index (κ3) is 4.69. The zero-order chi connectivity index (χ0) is 18.5. The number of rotatable bonds is 6. The minimum absolute atomic E-state index is 0.0512. The lowest BCUT2D eigenvalue weighted by Gasteiger charge is -2.17. The Morgan fingerprint density at radius 2 is 2.31 bits per heavy atom. The number of aromatic nitrogens is 2. The van der Waals surface area contributed by atoms with Crippen LogP contribution < -0.4 is 10.1 Å². The van der Waals surface area contributed by atoms with Crippen LogP contribution in [0.4, 0.5) is 5.69 Å². The van der Waals surface area contributed by atoms with Crippen molar-refractivity contribution in [3.63, 3.8) is 0 Å². The molecule has 1 aromatic heterocycles. The topological polar surface area (TPSA) is 76.6 Å². The van der Waals surface area contributed by atoms with Gasteiger partial charge in [-0.1, -0.05) is 17.7 Å². The Balaban J connectivity index is 1.88. The molecule has 0 spiro atoms. The molecule has 2 heterocycles. The van der Waals surface area contributed by atoms with E-state index in [1.54, 1.807) is 18.2 Å². The molecule has 0 radical (unpaired) electrons. The summed E-state index contributed by atoms with van der Waals surface area (Å²) in [7, 11) is 3.87. The third-order valence-electron chi connectivity index (χ3n) is 3.87. The van der Waals surface area contributed by atoms with Crippen molar-refractivity contribution >= 4 is 34.1 Å². The fraction of sp³-hybridized carbons (Fsp3) is 0.389. The number of hydrogen-bond acceptors (Lipinski definition) is 6. The molecule has 7 nitrogen and oxygen atoms in total. The maximum absolute atomic E-state index is 12.2. The molecule has 1 fully saturated rings. The maximum atomic E-state index is 12.2. The van der Waals surface area contributed by atoms with Crippen LogP contribution in [-0.4, -0.2) is 60.7 Å². The standard InChI is InChI=1S/C18H21ClN4O3/c1-23(2)6-3-4-17(24)22-15-8-13-14(20-11-21-18(13)19)9-16(15)26-12-5-7-25-10-12/h3-4,8-9,11-12H,5-7,10H2,1-2H3,(H,22,24)/t12-/m0/s1. The molecular formula is C18H21ClN4O3. The first kappa shape index (κ1) is 18.6. The number of carbonyl (C=O) groups is 1. The Hall–Kier alpha value is -2.22. The van der Waals surface area contributed by atoms with E-state index in [9.17, 15) is 4.79 Å². The van der Waals surface area contributed by atoms with Crippen LogP contribution in [0.2, 0.25) is 5.15 Å². The number of fused-ring (bicyclic) bond motifs is 1. The highest BCUT2D eigenvalue weighted by molar-refractivity contribution is 6.34. The third-order valence-corrected chi connectivity index (χ3v) is 4.17. The number of halogens is 1. The van der Waals surface area contributed by atoms with E-state index in [0.29, 0.717) is 47.3 Å². The van der Waals surface area contributed by atoms with Crippen molar-refractivity contribution in [2.75, 3.05) is 39.2 Å². The van der Waals surface area contributed by atoms with Crippen LogP contribution in [-0.2, 0) is 9.53 Å². The number of hydrogen-bond donors (Lipinski definition) is 1. The Morgan fingerprint density at radius 1 is 1.46 bits per heavy atom. The second-order valence-corrected chi connectivity index (χ2v) is 6.65. The van der Waals surface area contributed by atoms with Gasteiger partial charge in [-0.3, -0.25) is 4.79 Å². The molecule has 138 valence electrons. The molecule has 0 bridgehead atoms. The lowest BCUT2D eigenvalue weighted by Crippen LogP contribution is -2.18. The van der Waals surface area contributed by atoms with Crippen LogP contribution in [0.25, 0.3) is 10.9 Å². The van der Waals surface area contributed by atoms with Crippen molar-refractivity contribution in [1.29, 1.82) is 0 Å². The van der Waals surface area contributed by atoms with Crippen LogP contribution >= 0.6 is 11.6 Å². The summed E-state index contributed by atoms with van der Waals surface area (Å²) in [4.78, 5) is 22.4. The molecule has 1 N–H and O–H groups in total. The SMILES string of the molecule is CN(C)CC=CC(=O)Nc1cc2c(Cl)ncnc2cc1O[C@H]1CCOC1. The number of likely N-dealkylation sites (N-methyl/N-ethyl adjacent to an activating group) is 1. The van der Waals surface area contributed by atoms with Crippen LogP contribution in [0.3, 0.4) is 0 Å². The first-order chi connectivity index (χ1) is 12.5. The van der Waals surface area contributed by atoms with Gasteiger partial charge in [-0.2, -0.15) is 0 Å². The number of anilines is 1. The zero-order valence-electron chi connectivity index (χ0n) is 14.7. The number of ether oxygens (including phenoxy) is 2. The average Bonchev–Trinajstić information content (AvgIpc) is 3.09. The summed E-state index contributed by atoms with van der Waals surface area (Å²) >= 11 is 6.16. The van der Waals surface area contributed by atoms with Gasteiger partial charge >= 0.3 is 0 Å². The smallest absolute Gasteiger partial charge is 0.248 e. The van der Waals surface area contributed by atoms with E-state index in [1.165, 1.54) is 12.4 Å². The van der Waals surface area contributed by atoms with Crippen molar-refractivity contribution in [3.05, 3.63) is 35.8 Å². The van der Waals surface area contributed by atoms with E-state index in [0.717, 1.165) is 6.42 Å². The molecule has 1 saturated heterocycles. The van der Waals surface area contributed by atoms with Gasteiger partial charge in [0, 0.05) is 30.5 Å². The summed E-state index contributed by atoms with van der Waals surface area (Å²) in [6.07, 6.45) is 5.44. The lowest BCUT2D eigenvalue weighted by molar-refractivity contribution is -0.111. The van der Waals surface area contributed by atoms with E-state index >= 15 is 0 Å². The van der Waals surface area contributed by atoms with E-state index in [1.807, 2.05) is 19.0 Å². The minimum Gasteiger partial charge on any atom is -0.486 e. The van der Waals surface area contributed by atoms with Gasteiger partial charge in [-0.25, -0.2) is 9.97 Å². The first-order valence-electron chi connectivity index (χ1n) is 8.34. The van der Waals surface area contributed by atoms with Gasteiger partial charge in [0.05, 0.1) is 24.4 Å². The second-order valence-electron chi connectivity index (χ2n) is 6.29. The van der Waals surface area contributed by atoms with Gasteiger partial charge in [0.2, 0.25) is 5.91 Å². The predicted octanol–water partition coefficient (Wildman–Crippen LogP) is 2.51. The Morgan fingerprint density at radius 3 is 3.04 bits per heavy atom. The summed E-state index contributed by atoms with van der Waals surface area (Å²) < 4.78 is 11.4. The Kier molecular flexibility index (Phi) is 6.03. The fourth-order valence-corrected chi connectivity index (χ4v) is 2.77. The van der Waals surface area contributed by atoms with E-state index < -0.39 is 0 Å². The molecule has 1 amide bonds. The van der Waals surface area contributed by atoms with E-state index in [4.69, 9.17) is 21.1 Å². The largest absolute Gasteiger partial charge is 0.486 e. The van der Waals surface area contributed by atoms with Crippen LogP contribution in [0, 0.1) is 0 Å². The molecule has 0 unspecified atom stereocenters. The first-order valence-corrected chi connectivity index (χ1v) is 8.71. The Bertz CT molecular complexity index is 819. The maximum Gasteiger partial charge on any atom is 0.248 e. The van der Waals surface area contributed by atoms with Gasteiger partial charge < -0.3 is 19.7 Å². The quantitative estimate of drug-likeness (QED) is 0.616. The highest BCUT2D eigenvalue weighted by Crippen LogP contribution is 2.33. The summed E-state index contributed by atoms with van der Waals surface area (Å²) in [6, 6.07) is 3.50. The van der Waals surface area contributed by atoms with Crippen molar-refractivity contribution in [2.45, 2.75) is 12.5 Å². The number of carbonyl (C=O) groups excluding carboxylic acids is 1. The van der Waals surface area contributed by atoms with E-state index in [2.05, 4.69) is 15.3 Å². The summed E-state index contributed by atoms with van der Waals surface area (Å²) in [5, 5.41) is 3.83. The van der Waals surface area contributed by atoms with Crippen molar-refractivity contribution < 1.29 is 14.3 Å². The molecule has 1 aromatic carbocycles. The fourth-order valence-electron chi connectivity index (χ4n) is 2.58. The van der Waals surface area contributed by atoms with Crippen molar-refractivity contribution in [2.24, 2.45) is 0 Å². The summed E-state index contributed by atoms with van der Waals surface area (Å²) in [6.45, 7) is 1.87. The summed E-state index contributed by atoms with van der Waals surface area (Å²) in [5.41, 5.74) is 1.18. The summed E-state index contributed by atoms with van der Waals surface area (Å²) in [5.74, 6) is 0.295. The van der Waals surface area contributed by atoms with Crippen molar-refractivity contribution in [1.82, 2.24) is 14.9 Å². The number of amides is 1. The molecule has 3 rings (SSSR count). The van der Waals surface area contributed by atoms with Crippen LogP contribution in [0.15, 0.2) is 30.6 Å². The highest BCUT2D eigenvalue weighted by Gasteiger charge is 2.20. The molecular weight excluding hydrogens is 356 g/mol. The van der Waals surface area contributed by atoms with Gasteiger partial charge in [-0.15, -0.1) is 0 Å².